The summed E-state index contributed by atoms with van der Waals surface area (Å²) in [6.07, 6.45) is 0. The first kappa shape index (κ1) is 22.5. The van der Waals surface area contributed by atoms with Gasteiger partial charge in [0.25, 0.3) is 0 Å². The van der Waals surface area contributed by atoms with Crippen LogP contribution in [0.25, 0.3) is 0 Å². The first-order chi connectivity index (χ1) is 14.2. The van der Waals surface area contributed by atoms with Crippen molar-refractivity contribution in [2.24, 2.45) is 0 Å². The van der Waals surface area contributed by atoms with E-state index in [2.05, 4.69) is 30.3 Å². The number of sulfonamides is 1. The van der Waals surface area contributed by atoms with Gasteiger partial charge in [-0.15, -0.1) is 0 Å². The molecule has 0 saturated carbocycles. The van der Waals surface area contributed by atoms with Crippen LogP contribution < -0.4 is 9.56 Å². The third-order valence-corrected chi connectivity index (χ3v) is 6.77. The van der Waals surface area contributed by atoms with Crippen molar-refractivity contribution in [3.63, 3.8) is 0 Å². The molecule has 6 heteroatoms. The predicted octanol–water partition coefficient (Wildman–Crippen LogP) is 5.49. The highest BCUT2D eigenvalue weighted by Crippen LogP contribution is 2.31. The van der Waals surface area contributed by atoms with Crippen molar-refractivity contribution < 1.29 is 8.42 Å². The summed E-state index contributed by atoms with van der Waals surface area (Å²) in [6.45, 7) is 6.28. The number of benzene rings is 3. The van der Waals surface area contributed by atoms with Gasteiger partial charge in [0, 0.05) is 0 Å². The fraction of sp³-hybridized carbons (Fsp3) is 0.250. The SMILES string of the molecule is CC(C)(C)c1ccc(S(=O)(=O)N[C@@H](c2ccccc2)[C@@H](NCl)c2ccccc2)cc1. The molecule has 0 amide bonds. The summed E-state index contributed by atoms with van der Waals surface area (Å²) in [6, 6.07) is 24.9. The first-order valence-electron chi connectivity index (χ1n) is 9.81. The molecule has 2 atom stereocenters. The molecule has 30 heavy (non-hydrogen) atoms. The summed E-state index contributed by atoms with van der Waals surface area (Å²) in [5.74, 6) is 0. The zero-order valence-corrected chi connectivity index (χ0v) is 18.9. The van der Waals surface area contributed by atoms with Crippen molar-refractivity contribution in [3.8, 4) is 0 Å². The second-order valence-electron chi connectivity index (χ2n) is 8.28. The van der Waals surface area contributed by atoms with Gasteiger partial charge in [0.1, 0.15) is 0 Å². The van der Waals surface area contributed by atoms with Gasteiger partial charge in [0.05, 0.1) is 17.0 Å². The second-order valence-corrected chi connectivity index (χ2v) is 10.2. The van der Waals surface area contributed by atoms with Gasteiger partial charge < -0.3 is 0 Å². The Bertz CT molecular complexity index is 1050. The normalized spacial score (nSPS) is 14.3. The summed E-state index contributed by atoms with van der Waals surface area (Å²) < 4.78 is 29.4. The van der Waals surface area contributed by atoms with Gasteiger partial charge in [-0.25, -0.2) is 18.0 Å². The van der Waals surface area contributed by atoms with Crippen molar-refractivity contribution in [3.05, 3.63) is 102 Å². The Balaban J connectivity index is 1.98. The largest absolute Gasteiger partial charge is 0.241 e. The molecule has 3 rings (SSSR count). The second kappa shape index (κ2) is 9.31. The summed E-state index contributed by atoms with van der Waals surface area (Å²) in [5, 5.41) is 0. The zero-order valence-electron chi connectivity index (χ0n) is 17.3. The molecule has 0 aromatic heterocycles. The molecule has 0 aliphatic rings. The van der Waals surface area contributed by atoms with Crippen molar-refractivity contribution in [2.45, 2.75) is 43.2 Å². The maximum Gasteiger partial charge on any atom is 0.241 e. The summed E-state index contributed by atoms with van der Waals surface area (Å²) in [4.78, 5) is 2.99. The minimum atomic E-state index is -3.78. The Hall–Kier alpha value is -2.18. The van der Waals surface area contributed by atoms with Gasteiger partial charge in [-0.1, -0.05) is 93.6 Å². The van der Waals surface area contributed by atoms with Gasteiger partial charge in [-0.05, 0) is 46.0 Å². The highest BCUT2D eigenvalue weighted by molar-refractivity contribution is 7.89. The Morgan fingerprint density at radius 3 is 1.63 bits per heavy atom. The Morgan fingerprint density at radius 1 is 0.733 bits per heavy atom. The van der Waals surface area contributed by atoms with Crippen molar-refractivity contribution in [2.75, 3.05) is 0 Å². The van der Waals surface area contributed by atoms with E-state index in [9.17, 15) is 8.42 Å². The predicted molar refractivity (Wildman–Crippen MR) is 123 cm³/mol. The van der Waals surface area contributed by atoms with Crippen LogP contribution in [-0.2, 0) is 15.4 Å². The fourth-order valence-electron chi connectivity index (χ4n) is 3.34. The van der Waals surface area contributed by atoms with Crippen LogP contribution in [0.15, 0.2) is 89.8 Å². The van der Waals surface area contributed by atoms with E-state index >= 15 is 0 Å². The molecule has 0 spiro atoms. The van der Waals surface area contributed by atoms with E-state index < -0.39 is 22.1 Å². The lowest BCUT2D eigenvalue weighted by Gasteiger charge is -2.28. The van der Waals surface area contributed by atoms with Gasteiger partial charge in [0.15, 0.2) is 0 Å². The standard InChI is InChI=1S/C24H27ClN2O2S/c1-24(2,3)20-14-16-21(17-15-20)30(28,29)27-23(19-12-8-5-9-13-19)22(26-25)18-10-6-4-7-11-18/h4-17,22-23,26-27H,1-3H3/t22-,23-/m0/s1. The molecule has 0 unspecified atom stereocenters. The molecule has 0 radical (unpaired) electrons. The monoisotopic (exact) mass is 442 g/mol. The van der Waals surface area contributed by atoms with Crippen LogP contribution in [0.5, 0.6) is 0 Å². The van der Waals surface area contributed by atoms with Gasteiger partial charge >= 0.3 is 0 Å². The Morgan fingerprint density at radius 2 is 1.20 bits per heavy atom. The summed E-state index contributed by atoms with van der Waals surface area (Å²) >= 11 is 6.11. The number of hydrogen-bond acceptors (Lipinski definition) is 3. The lowest BCUT2D eigenvalue weighted by atomic mass is 9.87. The lowest BCUT2D eigenvalue weighted by molar-refractivity contribution is 0.482. The molecular formula is C24H27ClN2O2S. The highest BCUT2D eigenvalue weighted by Gasteiger charge is 2.29. The minimum absolute atomic E-state index is 0.0523. The van der Waals surface area contributed by atoms with Crippen LogP contribution in [0, 0.1) is 0 Å². The van der Waals surface area contributed by atoms with Crippen molar-refractivity contribution in [1.29, 1.82) is 0 Å². The van der Waals surface area contributed by atoms with E-state index in [0.29, 0.717) is 0 Å². The maximum absolute atomic E-state index is 13.2. The van der Waals surface area contributed by atoms with E-state index in [4.69, 9.17) is 11.8 Å². The van der Waals surface area contributed by atoms with Crippen LogP contribution in [0.1, 0.15) is 49.5 Å². The number of halogens is 1. The molecule has 0 aliphatic heterocycles. The molecule has 0 aliphatic carbocycles. The smallest absolute Gasteiger partial charge is 0.224 e. The number of nitrogens with one attached hydrogen (secondary N) is 2. The molecule has 2 N–H and O–H groups in total. The van der Waals surface area contributed by atoms with Gasteiger partial charge in [-0.3, -0.25) is 0 Å². The third-order valence-electron chi connectivity index (χ3n) is 5.08. The lowest BCUT2D eigenvalue weighted by Crippen LogP contribution is -2.36. The number of hydrogen-bond donors (Lipinski definition) is 2. The molecular weight excluding hydrogens is 416 g/mol. The van der Waals surface area contributed by atoms with E-state index in [1.807, 2.05) is 72.8 Å². The first-order valence-corrected chi connectivity index (χ1v) is 11.7. The van der Waals surface area contributed by atoms with Crippen LogP contribution in [0.2, 0.25) is 0 Å². The molecule has 0 heterocycles. The topological polar surface area (TPSA) is 58.2 Å². The molecule has 3 aromatic carbocycles. The minimum Gasteiger partial charge on any atom is -0.224 e. The molecule has 158 valence electrons. The third kappa shape index (κ3) is 5.29. The fourth-order valence-corrected chi connectivity index (χ4v) is 4.83. The summed E-state index contributed by atoms with van der Waals surface area (Å²) in [5.41, 5.74) is 2.72. The van der Waals surface area contributed by atoms with Crippen LogP contribution in [0.3, 0.4) is 0 Å². The quantitative estimate of drug-likeness (QED) is 0.476. The Labute approximate surface area is 184 Å². The van der Waals surface area contributed by atoms with Gasteiger partial charge in [0.2, 0.25) is 10.0 Å². The zero-order chi connectivity index (χ0) is 21.8. The van der Waals surface area contributed by atoms with E-state index in [0.717, 1.165) is 16.7 Å². The summed E-state index contributed by atoms with van der Waals surface area (Å²) in [7, 11) is -3.78. The molecule has 0 bridgehead atoms. The van der Waals surface area contributed by atoms with Crippen LogP contribution >= 0.6 is 11.8 Å². The van der Waals surface area contributed by atoms with Crippen molar-refractivity contribution in [1.82, 2.24) is 9.56 Å². The van der Waals surface area contributed by atoms with E-state index in [1.54, 1.807) is 12.1 Å². The molecule has 3 aromatic rings. The number of rotatable bonds is 7. The van der Waals surface area contributed by atoms with Crippen molar-refractivity contribution >= 4 is 21.8 Å². The molecule has 0 saturated heterocycles. The van der Waals surface area contributed by atoms with Gasteiger partial charge in [-0.2, -0.15) is 0 Å². The molecule has 4 nitrogen and oxygen atoms in total. The van der Waals surface area contributed by atoms with Crippen LogP contribution in [-0.4, -0.2) is 8.42 Å². The average molecular weight is 443 g/mol. The average Bonchev–Trinajstić information content (AvgIpc) is 2.74. The maximum atomic E-state index is 13.2. The van der Waals surface area contributed by atoms with E-state index in [1.165, 1.54) is 0 Å². The Kier molecular flexibility index (Phi) is 6.98. The van der Waals surface area contributed by atoms with E-state index in [-0.39, 0.29) is 10.3 Å². The molecule has 0 fully saturated rings. The highest BCUT2D eigenvalue weighted by atomic mass is 35.5. The van der Waals surface area contributed by atoms with Crippen LogP contribution in [0.4, 0.5) is 0 Å².